The van der Waals surface area contributed by atoms with E-state index in [1.165, 1.54) is 0 Å². The van der Waals surface area contributed by atoms with E-state index in [4.69, 9.17) is 4.74 Å². The second kappa shape index (κ2) is 20.5. The van der Waals surface area contributed by atoms with Gasteiger partial charge in [-0.2, -0.15) is 0 Å². The van der Waals surface area contributed by atoms with E-state index >= 15 is 0 Å². The summed E-state index contributed by atoms with van der Waals surface area (Å²) >= 11 is 3.22. The number of aromatic amines is 1. The van der Waals surface area contributed by atoms with E-state index < -0.39 is 5.97 Å². The van der Waals surface area contributed by atoms with Gasteiger partial charge in [-0.25, -0.2) is 9.78 Å². The number of nitrogens with zero attached hydrogens (tertiary/aromatic N) is 1. The number of rotatable bonds is 7. The normalized spacial score (nSPS) is 12.7. The van der Waals surface area contributed by atoms with Crippen LogP contribution in [0.3, 0.4) is 0 Å². The van der Waals surface area contributed by atoms with Gasteiger partial charge in [-0.15, -0.1) is 0 Å². The van der Waals surface area contributed by atoms with Gasteiger partial charge in [-0.3, -0.25) is 0 Å². The molecule has 0 bridgehead atoms. The van der Waals surface area contributed by atoms with Crippen molar-refractivity contribution in [2.24, 2.45) is 0 Å². The molecule has 2 N–H and O–H groups in total. The number of hydrogen-bond donors (Lipinski definition) is 2. The van der Waals surface area contributed by atoms with Gasteiger partial charge in [0, 0.05) is 11.8 Å². The number of aliphatic carboxylic acids is 1. The number of fused-ring (bicyclic) bond motifs is 1. The highest BCUT2D eigenvalue weighted by atomic mass is 79.9. The van der Waals surface area contributed by atoms with Crippen LogP contribution in [0.1, 0.15) is 60.2 Å². The third-order valence-corrected chi connectivity index (χ3v) is 4.83. The summed E-state index contributed by atoms with van der Waals surface area (Å²) in [6, 6.07) is 7.88. The van der Waals surface area contributed by atoms with Crippen LogP contribution in [0.2, 0.25) is 0 Å². The van der Waals surface area contributed by atoms with E-state index in [2.05, 4.69) is 45.0 Å². The Morgan fingerprint density at radius 3 is 2.31 bits per heavy atom. The maximum atomic E-state index is 11.3. The Morgan fingerprint density at radius 2 is 1.83 bits per heavy atom. The lowest BCUT2D eigenvalue weighted by molar-refractivity contribution is -0.132. The molecule has 0 saturated carbocycles. The minimum atomic E-state index is -0.981. The first-order valence-electron chi connectivity index (χ1n) is 12.2. The van der Waals surface area contributed by atoms with Crippen LogP contribution < -0.4 is 0 Å². The van der Waals surface area contributed by atoms with Crippen LogP contribution in [0.5, 0.6) is 0 Å². The molecule has 1 aromatic heterocycles. The molecule has 1 aliphatic rings. The second-order valence-electron chi connectivity index (χ2n) is 6.99. The maximum absolute atomic E-state index is 11.3. The summed E-state index contributed by atoms with van der Waals surface area (Å²) < 4.78 is 5.44. The van der Waals surface area contributed by atoms with Crippen LogP contribution in [0.4, 0.5) is 0 Å². The largest absolute Gasteiger partial charge is 0.493 e. The summed E-state index contributed by atoms with van der Waals surface area (Å²) in [4.78, 5) is 19.2. The van der Waals surface area contributed by atoms with Gasteiger partial charge in [0.25, 0.3) is 0 Å². The smallest absolute Gasteiger partial charge is 0.339 e. The topological polar surface area (TPSA) is 75.2 Å². The van der Waals surface area contributed by atoms with Gasteiger partial charge in [-0.05, 0) is 57.9 Å². The van der Waals surface area contributed by atoms with Crippen molar-refractivity contribution in [2.75, 3.05) is 11.9 Å². The third-order valence-electron chi connectivity index (χ3n) is 4.46. The number of para-hydroxylation sites is 2. The molecule has 5 nitrogen and oxygen atoms in total. The van der Waals surface area contributed by atoms with Gasteiger partial charge in [0.15, 0.2) is 0 Å². The number of carboxylic acids is 1. The zero-order chi connectivity index (χ0) is 26.5. The van der Waals surface area contributed by atoms with Crippen molar-refractivity contribution in [3.05, 3.63) is 89.5 Å². The van der Waals surface area contributed by atoms with Gasteiger partial charge in [0.2, 0.25) is 0 Å². The lowest BCUT2D eigenvalue weighted by Gasteiger charge is -2.07. The molecule has 192 valence electrons. The van der Waals surface area contributed by atoms with Gasteiger partial charge in [0.1, 0.15) is 17.2 Å². The van der Waals surface area contributed by atoms with Crippen LogP contribution in [0, 0.1) is 0 Å². The number of hydrogen-bond acceptors (Lipinski definition) is 3. The van der Waals surface area contributed by atoms with Crippen LogP contribution in [0.15, 0.2) is 83.7 Å². The summed E-state index contributed by atoms with van der Waals surface area (Å²) in [6.45, 7) is 12.4. The predicted molar refractivity (Wildman–Crippen MR) is 153 cm³/mol. The number of imidazole rings is 1. The monoisotopic (exact) mass is 544 g/mol. The number of allylic oxidation sites excluding steroid dienone is 8. The molecule has 0 aliphatic heterocycles. The Bertz CT molecular complexity index is 969. The van der Waals surface area contributed by atoms with E-state index in [1.54, 1.807) is 6.08 Å². The van der Waals surface area contributed by atoms with Crippen molar-refractivity contribution >= 4 is 32.9 Å². The Morgan fingerprint density at radius 1 is 1.14 bits per heavy atom. The molecule has 0 spiro atoms. The van der Waals surface area contributed by atoms with Gasteiger partial charge in [-0.1, -0.05) is 84.8 Å². The molecule has 0 atom stereocenters. The number of ether oxygens (including phenoxy) is 1. The highest BCUT2D eigenvalue weighted by Gasteiger charge is 2.16. The predicted octanol–water partition coefficient (Wildman–Crippen LogP) is 8.32. The van der Waals surface area contributed by atoms with Gasteiger partial charge >= 0.3 is 5.97 Å². The molecule has 0 amide bonds. The minimum absolute atomic E-state index is 0.187. The third kappa shape index (κ3) is 13.0. The summed E-state index contributed by atoms with van der Waals surface area (Å²) in [5.41, 5.74) is 3.21. The Balaban J connectivity index is 0.000000809. The fraction of sp³-hybridized carbons (Fsp3) is 0.379. The molecule has 1 heterocycles. The summed E-state index contributed by atoms with van der Waals surface area (Å²) in [5, 5.41) is 10.3. The van der Waals surface area contributed by atoms with E-state index in [0.29, 0.717) is 25.2 Å². The fourth-order valence-electron chi connectivity index (χ4n) is 2.91. The molecular formula is C29H41BrN2O3. The molecule has 2 aromatic rings. The molecule has 0 radical (unpaired) electrons. The van der Waals surface area contributed by atoms with Crippen molar-refractivity contribution in [3.63, 3.8) is 0 Å². The fourth-order valence-corrected chi connectivity index (χ4v) is 3.29. The first kappa shape index (κ1) is 32.1. The number of carbonyl (C=O) groups is 1. The van der Waals surface area contributed by atoms with Gasteiger partial charge < -0.3 is 14.8 Å². The summed E-state index contributed by atoms with van der Waals surface area (Å²) in [7, 11) is 0. The first-order valence-corrected chi connectivity index (χ1v) is 13.3. The Kier molecular flexibility index (Phi) is 18.8. The molecule has 35 heavy (non-hydrogen) atoms. The molecule has 0 unspecified atom stereocenters. The summed E-state index contributed by atoms with van der Waals surface area (Å²) in [5.74, 6) is 0.317. The van der Waals surface area contributed by atoms with Crippen LogP contribution >= 0.6 is 15.9 Å². The molecule has 0 fully saturated rings. The van der Waals surface area contributed by atoms with Crippen molar-refractivity contribution in [3.8, 4) is 0 Å². The van der Waals surface area contributed by atoms with Crippen LogP contribution in [-0.4, -0.2) is 33.0 Å². The Hall–Kier alpha value is -2.86. The lowest BCUT2D eigenvalue weighted by Crippen LogP contribution is -2.06. The number of aromatic nitrogens is 2. The first-order chi connectivity index (χ1) is 17.0. The number of alkyl halides is 1. The highest BCUT2D eigenvalue weighted by Crippen LogP contribution is 2.22. The SMILES string of the molecule is C/C=C\CBr.C/C=C\CC.CC.CCOC1=CCC(Cc2nc3ccccc3[nH]2)=CC=C1C(=O)O. The Labute approximate surface area is 219 Å². The standard InChI is InChI=1S/C18H18N2O3.C5H10.C4H7Br.C2H6/c1-2-23-16-10-8-12(7-9-13(16)18(21)22)11-17-19-14-5-3-4-6-15(14)20-17;1-3-5-4-2;1-2-3-4-5;1-2/h3-7,9-10H,2,8,11H2,1H3,(H,19,20)(H,21,22);3,5H,4H2,1-2H3;2-3H,4H2,1H3;1-2H3/b;5-3-;3-2-;. The van der Waals surface area contributed by atoms with Crippen LogP contribution in [0.25, 0.3) is 11.0 Å². The number of carboxylic acid groups (broad SMARTS) is 1. The second-order valence-corrected chi connectivity index (χ2v) is 7.64. The van der Waals surface area contributed by atoms with Crippen molar-refractivity contribution in [2.45, 2.75) is 60.8 Å². The molecule has 0 saturated heterocycles. The average Bonchev–Trinajstić information content (AvgIpc) is 3.16. The van der Waals surface area contributed by atoms with Gasteiger partial charge in [0.05, 0.1) is 17.6 Å². The number of halogens is 1. The molecule has 1 aromatic carbocycles. The zero-order valence-corrected chi connectivity index (χ0v) is 23.6. The minimum Gasteiger partial charge on any atom is -0.493 e. The highest BCUT2D eigenvalue weighted by molar-refractivity contribution is 9.09. The molecular weight excluding hydrogens is 504 g/mol. The van der Waals surface area contributed by atoms with Crippen molar-refractivity contribution in [1.29, 1.82) is 0 Å². The van der Waals surface area contributed by atoms with Crippen molar-refractivity contribution < 1.29 is 14.6 Å². The number of H-pyrrole nitrogens is 1. The molecule has 3 rings (SSSR count). The zero-order valence-electron chi connectivity index (χ0n) is 22.0. The quantitative estimate of drug-likeness (QED) is 0.271. The van der Waals surface area contributed by atoms with E-state index in [0.717, 1.165) is 34.2 Å². The number of benzene rings is 1. The van der Waals surface area contributed by atoms with Crippen LogP contribution in [-0.2, 0) is 16.0 Å². The lowest BCUT2D eigenvalue weighted by atomic mass is 10.1. The van der Waals surface area contributed by atoms with E-state index in [-0.39, 0.29) is 5.57 Å². The van der Waals surface area contributed by atoms with Crippen molar-refractivity contribution in [1.82, 2.24) is 9.97 Å². The number of nitrogens with one attached hydrogen (secondary N) is 1. The molecule has 1 aliphatic carbocycles. The summed E-state index contributed by atoms with van der Waals surface area (Å²) in [6.07, 6.45) is 16.0. The maximum Gasteiger partial charge on any atom is 0.339 e. The molecule has 6 heteroatoms. The van der Waals surface area contributed by atoms with E-state index in [9.17, 15) is 9.90 Å². The van der Waals surface area contributed by atoms with E-state index in [1.807, 2.05) is 83.2 Å². The average molecular weight is 546 g/mol.